The maximum absolute atomic E-state index is 13.1. The van der Waals surface area contributed by atoms with Gasteiger partial charge in [0.25, 0.3) is 5.91 Å². The molecule has 1 heterocycles. The van der Waals surface area contributed by atoms with E-state index >= 15 is 0 Å². The molecule has 6 nitrogen and oxygen atoms in total. The van der Waals surface area contributed by atoms with Crippen LogP contribution < -0.4 is 10.1 Å². The number of hydrogen-bond donors (Lipinski definition) is 1. The zero-order valence-electron chi connectivity index (χ0n) is 13.5. The summed E-state index contributed by atoms with van der Waals surface area (Å²) in [4.78, 5) is 29.7. The number of hydrogen-bond acceptors (Lipinski definition) is 4. The van der Waals surface area contributed by atoms with Crippen molar-refractivity contribution in [3.8, 4) is 5.88 Å². The van der Waals surface area contributed by atoms with E-state index in [2.05, 4.69) is 10.3 Å². The molecule has 126 valence electrons. The Morgan fingerprint density at radius 2 is 2.08 bits per heavy atom. The van der Waals surface area contributed by atoms with Crippen molar-refractivity contribution in [3.05, 3.63) is 54.0 Å². The molecule has 0 fully saturated rings. The Labute approximate surface area is 139 Å². The molecule has 0 atom stereocenters. The van der Waals surface area contributed by atoms with Crippen molar-refractivity contribution in [2.75, 3.05) is 25.5 Å². The van der Waals surface area contributed by atoms with Gasteiger partial charge >= 0.3 is 0 Å². The van der Waals surface area contributed by atoms with E-state index in [-0.39, 0.29) is 23.9 Å². The number of nitrogens with one attached hydrogen (secondary N) is 1. The van der Waals surface area contributed by atoms with Crippen LogP contribution in [0.15, 0.2) is 42.6 Å². The monoisotopic (exact) mass is 331 g/mol. The number of carbonyl (C=O) groups excluding carboxylic acids is 2. The molecule has 0 unspecified atom stereocenters. The summed E-state index contributed by atoms with van der Waals surface area (Å²) in [6.45, 7) is 1.98. The van der Waals surface area contributed by atoms with E-state index < -0.39 is 11.7 Å². The number of pyridine rings is 1. The Hall–Kier alpha value is -2.96. The molecule has 1 N–H and O–H groups in total. The number of benzene rings is 1. The zero-order chi connectivity index (χ0) is 17.5. The Bertz CT molecular complexity index is 737. The van der Waals surface area contributed by atoms with E-state index in [0.29, 0.717) is 12.3 Å². The zero-order valence-corrected chi connectivity index (χ0v) is 13.5. The lowest BCUT2D eigenvalue weighted by atomic mass is 10.2. The highest BCUT2D eigenvalue weighted by atomic mass is 19.1. The van der Waals surface area contributed by atoms with Crippen molar-refractivity contribution in [1.29, 1.82) is 0 Å². The smallest absolute Gasteiger partial charge is 0.259 e. The minimum absolute atomic E-state index is 0.185. The normalized spacial score (nSPS) is 10.1. The van der Waals surface area contributed by atoms with Gasteiger partial charge in [0.1, 0.15) is 11.4 Å². The van der Waals surface area contributed by atoms with Crippen LogP contribution in [0, 0.1) is 5.82 Å². The third-order valence-corrected chi connectivity index (χ3v) is 3.12. The van der Waals surface area contributed by atoms with Gasteiger partial charge in [-0.2, -0.15) is 0 Å². The van der Waals surface area contributed by atoms with Crippen LogP contribution in [0.25, 0.3) is 0 Å². The molecular weight excluding hydrogens is 313 g/mol. The van der Waals surface area contributed by atoms with Crippen LogP contribution in [-0.2, 0) is 4.79 Å². The summed E-state index contributed by atoms with van der Waals surface area (Å²) < 4.78 is 18.4. The third-order valence-electron chi connectivity index (χ3n) is 3.12. The maximum Gasteiger partial charge on any atom is 0.259 e. The first-order valence-electron chi connectivity index (χ1n) is 7.40. The maximum atomic E-state index is 13.1. The molecule has 0 aliphatic heterocycles. The van der Waals surface area contributed by atoms with Crippen LogP contribution in [-0.4, -0.2) is 41.9 Å². The van der Waals surface area contributed by atoms with Gasteiger partial charge in [-0.3, -0.25) is 9.59 Å². The number of rotatable bonds is 6. The molecule has 2 rings (SSSR count). The van der Waals surface area contributed by atoms with Crippen LogP contribution in [0.1, 0.15) is 17.3 Å². The van der Waals surface area contributed by atoms with Gasteiger partial charge < -0.3 is 15.0 Å². The highest BCUT2D eigenvalue weighted by molar-refractivity contribution is 6.00. The number of ether oxygens (including phenoxy) is 1. The van der Waals surface area contributed by atoms with Gasteiger partial charge in [-0.05, 0) is 37.3 Å². The number of nitrogens with zero attached hydrogens (tertiary/aromatic N) is 2. The average Bonchev–Trinajstić information content (AvgIpc) is 2.55. The number of carbonyl (C=O) groups is 2. The largest absolute Gasteiger partial charge is 0.477 e. The quantitative estimate of drug-likeness (QED) is 0.882. The molecule has 0 saturated heterocycles. The summed E-state index contributed by atoms with van der Waals surface area (Å²) >= 11 is 0. The lowest BCUT2D eigenvalue weighted by molar-refractivity contribution is -0.116. The molecule has 0 saturated carbocycles. The molecule has 24 heavy (non-hydrogen) atoms. The lowest BCUT2D eigenvalue weighted by Gasteiger charge is -2.18. The van der Waals surface area contributed by atoms with Gasteiger partial charge in [0.15, 0.2) is 0 Å². The fourth-order valence-corrected chi connectivity index (χ4v) is 2.06. The lowest BCUT2D eigenvalue weighted by Crippen LogP contribution is -2.35. The molecule has 7 heteroatoms. The van der Waals surface area contributed by atoms with Crippen molar-refractivity contribution in [2.45, 2.75) is 6.92 Å². The van der Waals surface area contributed by atoms with E-state index in [1.54, 1.807) is 25.1 Å². The highest BCUT2D eigenvalue weighted by Crippen LogP contribution is 2.16. The van der Waals surface area contributed by atoms with E-state index in [9.17, 15) is 14.0 Å². The van der Waals surface area contributed by atoms with Gasteiger partial charge in [0, 0.05) is 18.9 Å². The highest BCUT2D eigenvalue weighted by Gasteiger charge is 2.19. The standard InChI is InChI=1S/C17H18FN3O3/c1-3-24-16-14(8-5-9-19-16)17(23)21(2)11-15(22)20-13-7-4-6-12(18)10-13/h4-10H,3,11H2,1-2H3,(H,20,22). The van der Waals surface area contributed by atoms with E-state index in [1.807, 2.05) is 0 Å². The van der Waals surface area contributed by atoms with Gasteiger partial charge in [0.05, 0.1) is 13.2 Å². The number of aromatic nitrogens is 1. The molecule has 0 spiro atoms. The van der Waals surface area contributed by atoms with Crippen LogP contribution in [0.2, 0.25) is 0 Å². The summed E-state index contributed by atoms with van der Waals surface area (Å²) in [5.74, 6) is -1.05. The van der Waals surface area contributed by atoms with Crippen LogP contribution >= 0.6 is 0 Å². The minimum atomic E-state index is -0.450. The molecular formula is C17H18FN3O3. The van der Waals surface area contributed by atoms with Crippen molar-refractivity contribution in [2.24, 2.45) is 0 Å². The van der Waals surface area contributed by atoms with Crippen LogP contribution in [0.5, 0.6) is 5.88 Å². The number of likely N-dealkylation sites (N-methyl/N-ethyl adjacent to an activating group) is 1. The van der Waals surface area contributed by atoms with Crippen molar-refractivity contribution >= 4 is 17.5 Å². The molecule has 0 aliphatic rings. The third kappa shape index (κ3) is 4.52. The van der Waals surface area contributed by atoms with Gasteiger partial charge in [-0.15, -0.1) is 0 Å². The second-order valence-corrected chi connectivity index (χ2v) is 5.01. The molecule has 1 aromatic heterocycles. The molecule has 0 aliphatic carbocycles. The number of anilines is 1. The fourth-order valence-electron chi connectivity index (χ4n) is 2.06. The molecule has 2 amide bonds. The van der Waals surface area contributed by atoms with Crippen molar-refractivity contribution in [3.63, 3.8) is 0 Å². The molecule has 0 bridgehead atoms. The SMILES string of the molecule is CCOc1ncccc1C(=O)N(C)CC(=O)Nc1cccc(F)c1. The summed E-state index contributed by atoms with van der Waals surface area (Å²) in [6, 6.07) is 8.75. The van der Waals surface area contributed by atoms with Crippen LogP contribution in [0.3, 0.4) is 0 Å². The summed E-state index contributed by atoms with van der Waals surface area (Å²) in [7, 11) is 1.50. The predicted octanol–water partition coefficient (Wildman–Crippen LogP) is 2.33. The minimum Gasteiger partial charge on any atom is -0.477 e. The average molecular weight is 331 g/mol. The molecule has 2 aromatic rings. The fraction of sp³-hybridized carbons (Fsp3) is 0.235. The summed E-state index contributed by atoms with van der Waals surface area (Å²) in [5, 5.41) is 2.54. The Morgan fingerprint density at radius 1 is 1.29 bits per heavy atom. The Morgan fingerprint density at radius 3 is 2.79 bits per heavy atom. The first kappa shape index (κ1) is 17.4. The first-order valence-corrected chi connectivity index (χ1v) is 7.40. The van der Waals surface area contributed by atoms with Gasteiger partial charge in [-0.25, -0.2) is 9.37 Å². The van der Waals surface area contributed by atoms with Gasteiger partial charge in [0.2, 0.25) is 11.8 Å². The van der Waals surface area contributed by atoms with Crippen molar-refractivity contribution in [1.82, 2.24) is 9.88 Å². The van der Waals surface area contributed by atoms with Gasteiger partial charge in [-0.1, -0.05) is 6.07 Å². The first-order chi connectivity index (χ1) is 11.5. The van der Waals surface area contributed by atoms with Crippen LogP contribution in [0.4, 0.5) is 10.1 Å². The number of halogens is 1. The molecule has 1 aromatic carbocycles. The topological polar surface area (TPSA) is 71.5 Å². The van der Waals surface area contributed by atoms with E-state index in [0.717, 1.165) is 0 Å². The van der Waals surface area contributed by atoms with E-state index in [4.69, 9.17) is 4.74 Å². The Kier molecular flexibility index (Phi) is 5.83. The number of amides is 2. The Balaban J connectivity index is 2.02. The second kappa shape index (κ2) is 8.05. The second-order valence-electron chi connectivity index (χ2n) is 5.01. The molecule has 0 radical (unpaired) electrons. The van der Waals surface area contributed by atoms with E-state index in [1.165, 1.54) is 36.3 Å². The summed E-state index contributed by atoms with van der Waals surface area (Å²) in [5.41, 5.74) is 0.609. The predicted molar refractivity (Wildman–Crippen MR) is 87.4 cm³/mol. The van der Waals surface area contributed by atoms with Crippen molar-refractivity contribution < 1.29 is 18.7 Å². The summed E-state index contributed by atoms with van der Waals surface area (Å²) in [6.07, 6.45) is 1.53.